The first-order valence-electron chi connectivity index (χ1n) is 3.74. The summed E-state index contributed by atoms with van der Waals surface area (Å²) in [5.41, 5.74) is 0. The van der Waals surface area contributed by atoms with Crippen LogP contribution in [0.15, 0.2) is 21.2 Å². The molecule has 0 saturated heterocycles. The third kappa shape index (κ3) is 4.47. The molecule has 0 unspecified atom stereocenters. The topological polar surface area (TPSA) is 47.3 Å². The van der Waals surface area contributed by atoms with Crippen LogP contribution in [0.1, 0.15) is 12.2 Å². The highest BCUT2D eigenvalue weighted by molar-refractivity contribution is 9.10. The van der Waals surface area contributed by atoms with E-state index in [1.54, 1.807) is 18.6 Å². The van der Waals surface area contributed by atoms with E-state index in [9.17, 15) is 8.42 Å². The van der Waals surface area contributed by atoms with E-state index in [2.05, 4.69) is 15.9 Å². The van der Waals surface area contributed by atoms with Crippen molar-refractivity contribution in [1.29, 1.82) is 0 Å². The molecule has 0 aromatic carbocycles. The van der Waals surface area contributed by atoms with Gasteiger partial charge in [-0.15, -0.1) is 0 Å². The summed E-state index contributed by atoms with van der Waals surface area (Å²) in [6.07, 6.45) is 3.46. The molecule has 3 nitrogen and oxygen atoms in total. The Labute approximate surface area is 86.2 Å². The van der Waals surface area contributed by atoms with Crippen LogP contribution in [0.2, 0.25) is 0 Å². The number of sulfone groups is 1. The minimum atomic E-state index is -2.87. The van der Waals surface area contributed by atoms with Gasteiger partial charge in [0.05, 0.1) is 5.75 Å². The van der Waals surface area contributed by atoms with E-state index in [1.165, 1.54) is 6.26 Å². The molecule has 0 atom stereocenters. The number of hydrogen-bond acceptors (Lipinski definition) is 3. The van der Waals surface area contributed by atoms with E-state index in [4.69, 9.17) is 4.42 Å². The van der Waals surface area contributed by atoms with Crippen molar-refractivity contribution in [2.24, 2.45) is 0 Å². The van der Waals surface area contributed by atoms with E-state index in [0.29, 0.717) is 16.9 Å². The van der Waals surface area contributed by atoms with E-state index in [1.807, 2.05) is 0 Å². The molecule has 0 aliphatic carbocycles. The normalized spacial score (nSPS) is 11.8. The van der Waals surface area contributed by atoms with Gasteiger partial charge in [-0.2, -0.15) is 0 Å². The maximum Gasteiger partial charge on any atom is 0.169 e. The Balaban J connectivity index is 2.36. The van der Waals surface area contributed by atoms with Crippen molar-refractivity contribution in [3.8, 4) is 0 Å². The standard InChI is InChI=1S/C8H10BrO3S/c1-13(10,11)6-2-3-7-4-5-8(9)12-7/h3-5H,2,6H2,1H3. The SMILES string of the molecule is CS(=O)(=O)CC[CH]c1ccc(Br)o1. The van der Waals surface area contributed by atoms with Crippen LogP contribution in [0, 0.1) is 6.42 Å². The first kappa shape index (κ1) is 10.8. The van der Waals surface area contributed by atoms with Crippen LogP contribution in [-0.2, 0) is 9.84 Å². The zero-order valence-corrected chi connectivity index (χ0v) is 9.56. The Morgan fingerprint density at radius 3 is 2.69 bits per heavy atom. The average molecular weight is 266 g/mol. The Kier molecular flexibility index (Phi) is 3.55. The smallest absolute Gasteiger partial charge is 0.169 e. The number of rotatable bonds is 4. The van der Waals surface area contributed by atoms with E-state index in [-0.39, 0.29) is 5.75 Å². The fraction of sp³-hybridized carbons (Fsp3) is 0.375. The molecule has 0 aliphatic heterocycles. The maximum atomic E-state index is 10.8. The average Bonchev–Trinajstić information content (AvgIpc) is 2.33. The molecule has 0 amide bonds. The molecule has 0 fully saturated rings. The maximum absolute atomic E-state index is 10.8. The Hall–Kier alpha value is -0.290. The molecule has 5 heteroatoms. The number of hydrogen-bond donors (Lipinski definition) is 0. The summed E-state index contributed by atoms with van der Waals surface area (Å²) < 4.78 is 27.3. The highest BCUT2D eigenvalue weighted by Gasteiger charge is 2.04. The van der Waals surface area contributed by atoms with Gasteiger partial charge in [0.2, 0.25) is 0 Å². The van der Waals surface area contributed by atoms with Gasteiger partial charge in [-0.1, -0.05) is 0 Å². The van der Waals surface area contributed by atoms with Gasteiger partial charge in [-0.3, -0.25) is 0 Å². The van der Waals surface area contributed by atoms with Gasteiger partial charge in [-0.25, -0.2) is 8.42 Å². The zero-order valence-electron chi connectivity index (χ0n) is 7.16. The van der Waals surface area contributed by atoms with Crippen molar-refractivity contribution in [3.63, 3.8) is 0 Å². The lowest BCUT2D eigenvalue weighted by Gasteiger charge is -1.95. The Bertz CT molecular complexity index is 366. The van der Waals surface area contributed by atoms with Gasteiger partial charge >= 0.3 is 0 Å². The van der Waals surface area contributed by atoms with Gasteiger partial charge in [0.1, 0.15) is 15.6 Å². The Morgan fingerprint density at radius 2 is 2.23 bits per heavy atom. The second-order valence-electron chi connectivity index (χ2n) is 2.76. The third-order valence-corrected chi connectivity index (χ3v) is 2.83. The van der Waals surface area contributed by atoms with Crippen LogP contribution in [0.5, 0.6) is 0 Å². The molecule has 0 N–H and O–H groups in total. The van der Waals surface area contributed by atoms with E-state index >= 15 is 0 Å². The number of furan rings is 1. The van der Waals surface area contributed by atoms with Gasteiger partial charge in [0.15, 0.2) is 4.67 Å². The predicted molar refractivity (Wildman–Crippen MR) is 54.1 cm³/mol. The third-order valence-electron chi connectivity index (χ3n) is 1.43. The van der Waals surface area contributed by atoms with Gasteiger partial charge in [0.25, 0.3) is 0 Å². The van der Waals surface area contributed by atoms with Crippen molar-refractivity contribution in [1.82, 2.24) is 0 Å². The van der Waals surface area contributed by atoms with Crippen LogP contribution in [-0.4, -0.2) is 20.4 Å². The first-order valence-corrected chi connectivity index (χ1v) is 6.59. The molecule has 0 aliphatic rings. The second kappa shape index (κ2) is 4.28. The summed E-state index contributed by atoms with van der Waals surface area (Å²) in [5.74, 6) is 0.848. The van der Waals surface area contributed by atoms with Crippen molar-refractivity contribution in [2.75, 3.05) is 12.0 Å². The summed E-state index contributed by atoms with van der Waals surface area (Å²) in [6, 6.07) is 3.55. The summed E-state index contributed by atoms with van der Waals surface area (Å²) in [6.45, 7) is 0. The van der Waals surface area contributed by atoms with Crippen molar-refractivity contribution in [2.45, 2.75) is 6.42 Å². The van der Waals surface area contributed by atoms with Crippen molar-refractivity contribution in [3.05, 3.63) is 29.0 Å². The van der Waals surface area contributed by atoms with Gasteiger partial charge in [-0.05, 0) is 34.5 Å². The van der Waals surface area contributed by atoms with E-state index < -0.39 is 9.84 Å². The lowest BCUT2D eigenvalue weighted by Crippen LogP contribution is -2.02. The molecule has 0 saturated carbocycles. The molecule has 73 valence electrons. The largest absolute Gasteiger partial charge is 0.454 e. The fourth-order valence-electron chi connectivity index (χ4n) is 0.853. The van der Waals surface area contributed by atoms with Crippen LogP contribution in [0.25, 0.3) is 0 Å². The molecular weight excluding hydrogens is 256 g/mol. The van der Waals surface area contributed by atoms with Crippen LogP contribution in [0.4, 0.5) is 0 Å². The van der Waals surface area contributed by atoms with Gasteiger partial charge in [0, 0.05) is 12.7 Å². The predicted octanol–water partition coefficient (Wildman–Crippen LogP) is 2.03. The summed E-state index contributed by atoms with van der Waals surface area (Å²) in [5, 5.41) is 0. The molecule has 1 heterocycles. The highest BCUT2D eigenvalue weighted by atomic mass is 79.9. The van der Waals surface area contributed by atoms with Crippen LogP contribution >= 0.6 is 15.9 Å². The Morgan fingerprint density at radius 1 is 1.54 bits per heavy atom. The fourth-order valence-corrected chi connectivity index (χ4v) is 1.72. The minimum Gasteiger partial charge on any atom is -0.454 e. The molecule has 1 rings (SSSR count). The number of halogens is 1. The summed E-state index contributed by atoms with van der Waals surface area (Å²) in [7, 11) is -2.87. The van der Waals surface area contributed by atoms with E-state index in [0.717, 1.165) is 0 Å². The molecule has 0 spiro atoms. The molecule has 0 bridgehead atoms. The minimum absolute atomic E-state index is 0.158. The summed E-state index contributed by atoms with van der Waals surface area (Å²) >= 11 is 3.16. The molecular formula is C8H10BrO3S. The lowest BCUT2D eigenvalue weighted by molar-refractivity contribution is 0.512. The first-order chi connectivity index (χ1) is 5.97. The second-order valence-corrected chi connectivity index (χ2v) is 5.81. The van der Waals surface area contributed by atoms with Crippen molar-refractivity contribution < 1.29 is 12.8 Å². The van der Waals surface area contributed by atoms with Gasteiger partial charge < -0.3 is 4.42 Å². The monoisotopic (exact) mass is 265 g/mol. The molecule has 1 aromatic heterocycles. The quantitative estimate of drug-likeness (QED) is 0.837. The van der Waals surface area contributed by atoms with Crippen molar-refractivity contribution >= 4 is 25.8 Å². The summed E-state index contributed by atoms with van der Waals surface area (Å²) in [4.78, 5) is 0. The molecule has 1 aromatic rings. The molecule has 13 heavy (non-hydrogen) atoms. The zero-order chi connectivity index (χ0) is 9.90. The molecule has 1 radical (unpaired) electrons. The van der Waals surface area contributed by atoms with Crippen LogP contribution < -0.4 is 0 Å². The van der Waals surface area contributed by atoms with Crippen LogP contribution in [0.3, 0.4) is 0 Å². The highest BCUT2D eigenvalue weighted by Crippen LogP contribution is 2.16. The lowest BCUT2D eigenvalue weighted by atomic mass is 10.3.